The lowest BCUT2D eigenvalue weighted by molar-refractivity contribution is 0.128. The molecular weight excluding hydrogens is 102 g/mol. The Labute approximate surface area is 51.7 Å². The van der Waals surface area contributed by atoms with Gasteiger partial charge in [-0.3, -0.25) is 0 Å². The van der Waals surface area contributed by atoms with Gasteiger partial charge < -0.3 is 10.1 Å². The van der Waals surface area contributed by atoms with Crippen molar-refractivity contribution in [3.8, 4) is 0 Å². The molecule has 2 nitrogen and oxygen atoms in total. The van der Waals surface area contributed by atoms with Gasteiger partial charge in [-0.1, -0.05) is 6.92 Å². The largest absolute Gasteiger partial charge is 0.380 e. The Morgan fingerprint density at radius 3 is 3.50 bits per heavy atom. The Bertz CT molecular complexity index is 62.1. The maximum atomic E-state index is 5.24. The highest BCUT2D eigenvalue weighted by Gasteiger charge is 2.04. The van der Waals surface area contributed by atoms with E-state index in [9.17, 15) is 0 Å². The van der Waals surface area contributed by atoms with Crippen molar-refractivity contribution in [3.05, 3.63) is 0 Å². The molecular formula is C6H15NO. The average molecular weight is 117 g/mol. The topological polar surface area (TPSA) is 21.3 Å². The lowest BCUT2D eigenvalue weighted by atomic mass is 10.2. The Morgan fingerprint density at radius 2 is 2.62 bits per heavy atom. The fourth-order valence-corrected chi connectivity index (χ4v) is 0.836. The van der Waals surface area contributed by atoms with Crippen molar-refractivity contribution in [2.24, 2.45) is 5.92 Å². The quantitative estimate of drug-likeness (QED) is 0.498. The predicted molar refractivity (Wildman–Crippen MR) is 35.0 cm³/mol. The average Bonchev–Trinajstić information content (AvgIpc) is 1.94. The molecule has 1 atom stereocenters. The van der Waals surface area contributed by atoms with Gasteiger partial charge in [0.2, 0.25) is 0 Å². The highest BCUT2D eigenvalue weighted by Crippen LogP contribution is 1.95. The second kappa shape index (κ2) is 3.05. The lowest BCUT2D eigenvalue weighted by Gasteiger charge is -2.03. The molecule has 2 heteroatoms. The first-order valence-electron chi connectivity index (χ1n) is 3.18. The molecule has 1 fully saturated rings. The van der Waals surface area contributed by atoms with Crippen LogP contribution in [-0.4, -0.2) is 26.3 Å². The van der Waals surface area contributed by atoms with Crippen LogP contribution >= 0.6 is 0 Å². The standard InChI is InChI=1S/C6H13NO.H2/c1-6-4-7-2-3-8-5-6;/h6-7H,2-5H2,1H3;1H/t6-;/m0./s1. The molecule has 0 radical (unpaired) electrons. The maximum Gasteiger partial charge on any atom is 0.0591 e. The van der Waals surface area contributed by atoms with E-state index < -0.39 is 0 Å². The predicted octanol–water partition coefficient (Wildman–Crippen LogP) is 0.488. The van der Waals surface area contributed by atoms with Gasteiger partial charge in [0.05, 0.1) is 13.2 Å². The molecule has 0 aliphatic carbocycles. The van der Waals surface area contributed by atoms with Gasteiger partial charge in [0.25, 0.3) is 0 Å². The van der Waals surface area contributed by atoms with E-state index in [0.717, 1.165) is 26.3 Å². The van der Waals surface area contributed by atoms with Gasteiger partial charge in [-0.05, 0) is 12.5 Å². The van der Waals surface area contributed by atoms with Gasteiger partial charge in [-0.2, -0.15) is 0 Å². The number of nitrogens with one attached hydrogen (secondary N) is 1. The molecule has 0 saturated carbocycles. The monoisotopic (exact) mass is 117 g/mol. The van der Waals surface area contributed by atoms with E-state index in [1.165, 1.54) is 0 Å². The van der Waals surface area contributed by atoms with Crippen LogP contribution in [-0.2, 0) is 4.74 Å². The number of hydrogen-bond donors (Lipinski definition) is 1. The molecule has 0 unspecified atom stereocenters. The summed E-state index contributed by atoms with van der Waals surface area (Å²) >= 11 is 0. The molecule has 8 heavy (non-hydrogen) atoms. The molecule has 1 rings (SSSR count). The highest BCUT2D eigenvalue weighted by molar-refractivity contribution is 4.58. The van der Waals surface area contributed by atoms with E-state index in [4.69, 9.17) is 4.74 Å². The first-order valence-corrected chi connectivity index (χ1v) is 3.18. The molecule has 1 N–H and O–H groups in total. The molecule has 1 aliphatic heterocycles. The van der Waals surface area contributed by atoms with Crippen molar-refractivity contribution in [2.75, 3.05) is 26.3 Å². The zero-order valence-electron chi connectivity index (χ0n) is 5.31. The van der Waals surface area contributed by atoms with Crippen LogP contribution in [0.4, 0.5) is 0 Å². The summed E-state index contributed by atoms with van der Waals surface area (Å²) in [6.07, 6.45) is 0. The van der Waals surface area contributed by atoms with Crippen LogP contribution < -0.4 is 5.32 Å². The number of ether oxygens (including phenoxy) is 1. The smallest absolute Gasteiger partial charge is 0.0591 e. The molecule has 0 spiro atoms. The minimum Gasteiger partial charge on any atom is -0.380 e. The van der Waals surface area contributed by atoms with Crippen LogP contribution in [0, 0.1) is 5.92 Å². The Balaban J connectivity index is 0.000000640. The van der Waals surface area contributed by atoms with Crippen LogP contribution in [0.25, 0.3) is 0 Å². The van der Waals surface area contributed by atoms with E-state index in [-0.39, 0.29) is 1.43 Å². The van der Waals surface area contributed by atoms with E-state index in [2.05, 4.69) is 12.2 Å². The van der Waals surface area contributed by atoms with E-state index >= 15 is 0 Å². The Morgan fingerprint density at radius 1 is 1.75 bits per heavy atom. The third-order valence-corrected chi connectivity index (χ3v) is 1.32. The number of rotatable bonds is 0. The van der Waals surface area contributed by atoms with Crippen molar-refractivity contribution in [3.63, 3.8) is 0 Å². The second-order valence-electron chi connectivity index (χ2n) is 2.38. The summed E-state index contributed by atoms with van der Waals surface area (Å²) in [5.41, 5.74) is 0. The Kier molecular flexibility index (Phi) is 2.30. The van der Waals surface area contributed by atoms with Gasteiger partial charge in [-0.25, -0.2) is 0 Å². The van der Waals surface area contributed by atoms with Gasteiger partial charge in [0.15, 0.2) is 0 Å². The fraction of sp³-hybridized carbons (Fsp3) is 1.00. The van der Waals surface area contributed by atoms with Crippen molar-refractivity contribution in [2.45, 2.75) is 6.92 Å². The van der Waals surface area contributed by atoms with Gasteiger partial charge in [0.1, 0.15) is 0 Å². The van der Waals surface area contributed by atoms with Crippen LogP contribution in [0.1, 0.15) is 8.35 Å². The molecule has 50 valence electrons. The van der Waals surface area contributed by atoms with Gasteiger partial charge in [-0.15, -0.1) is 0 Å². The minimum atomic E-state index is 0. The normalized spacial score (nSPS) is 31.9. The zero-order chi connectivity index (χ0) is 5.82. The van der Waals surface area contributed by atoms with Crippen molar-refractivity contribution in [1.29, 1.82) is 0 Å². The molecule has 0 aromatic heterocycles. The summed E-state index contributed by atoms with van der Waals surface area (Å²) in [5, 5.41) is 3.27. The summed E-state index contributed by atoms with van der Waals surface area (Å²) in [5.74, 6) is 0.692. The van der Waals surface area contributed by atoms with Crippen LogP contribution in [0.5, 0.6) is 0 Å². The van der Waals surface area contributed by atoms with E-state index in [1.807, 2.05) is 0 Å². The van der Waals surface area contributed by atoms with E-state index in [1.54, 1.807) is 0 Å². The fourth-order valence-electron chi connectivity index (χ4n) is 0.836. The first kappa shape index (κ1) is 6.05. The third-order valence-electron chi connectivity index (χ3n) is 1.32. The van der Waals surface area contributed by atoms with Crippen LogP contribution in [0.2, 0.25) is 0 Å². The zero-order valence-corrected chi connectivity index (χ0v) is 5.31. The number of hydrogen-bond acceptors (Lipinski definition) is 2. The molecule has 0 aromatic carbocycles. The summed E-state index contributed by atoms with van der Waals surface area (Å²) < 4.78 is 5.24. The molecule has 0 amide bonds. The van der Waals surface area contributed by atoms with E-state index in [0.29, 0.717) is 5.92 Å². The minimum absolute atomic E-state index is 0. The maximum absolute atomic E-state index is 5.24. The van der Waals surface area contributed by atoms with Crippen molar-refractivity contribution >= 4 is 0 Å². The summed E-state index contributed by atoms with van der Waals surface area (Å²) in [6, 6.07) is 0. The first-order chi connectivity index (χ1) is 3.89. The van der Waals surface area contributed by atoms with Crippen molar-refractivity contribution in [1.82, 2.24) is 5.32 Å². The molecule has 0 bridgehead atoms. The summed E-state index contributed by atoms with van der Waals surface area (Å²) in [6.45, 7) is 6.12. The molecule has 1 saturated heterocycles. The second-order valence-corrected chi connectivity index (χ2v) is 2.38. The summed E-state index contributed by atoms with van der Waals surface area (Å²) in [4.78, 5) is 0. The highest BCUT2D eigenvalue weighted by atomic mass is 16.5. The van der Waals surface area contributed by atoms with Crippen LogP contribution in [0.3, 0.4) is 0 Å². The lowest BCUT2D eigenvalue weighted by Crippen LogP contribution is -2.20. The molecule has 0 aromatic rings. The molecule has 1 heterocycles. The van der Waals surface area contributed by atoms with Crippen LogP contribution in [0.15, 0.2) is 0 Å². The Hall–Kier alpha value is -0.0800. The SMILES string of the molecule is C[C@H]1CNCCOC1.[HH]. The summed E-state index contributed by atoms with van der Waals surface area (Å²) in [7, 11) is 0. The third kappa shape index (κ3) is 1.80. The van der Waals surface area contributed by atoms with Crippen molar-refractivity contribution < 1.29 is 6.16 Å². The van der Waals surface area contributed by atoms with Gasteiger partial charge >= 0.3 is 0 Å². The van der Waals surface area contributed by atoms with Gasteiger partial charge in [0, 0.05) is 7.97 Å². The molecule has 1 aliphatic rings.